The first-order valence-corrected chi connectivity index (χ1v) is 7.64. The fourth-order valence-corrected chi connectivity index (χ4v) is 2.71. The Hall–Kier alpha value is -1.79. The van der Waals surface area contributed by atoms with Crippen molar-refractivity contribution < 1.29 is 24.2 Å². The second-order valence-corrected chi connectivity index (χ2v) is 6.56. The fraction of sp³-hybridized carbons (Fsp3) is 0.800. The molecule has 22 heavy (non-hydrogen) atoms. The summed E-state index contributed by atoms with van der Waals surface area (Å²) < 4.78 is 5.05. The van der Waals surface area contributed by atoms with Gasteiger partial charge in [0.05, 0.1) is 0 Å². The van der Waals surface area contributed by atoms with Gasteiger partial charge in [0.25, 0.3) is 0 Å². The minimum absolute atomic E-state index is 0.0204. The molecule has 0 spiro atoms. The highest BCUT2D eigenvalue weighted by Crippen LogP contribution is 2.28. The number of amides is 2. The van der Waals surface area contributed by atoms with Gasteiger partial charge in [-0.1, -0.05) is 13.3 Å². The van der Waals surface area contributed by atoms with Crippen LogP contribution in [0.5, 0.6) is 0 Å². The van der Waals surface area contributed by atoms with Crippen molar-refractivity contribution in [2.24, 2.45) is 5.92 Å². The standard InChI is InChI=1S/C15H26N2O5/c1-5-6-10-7-8-17(12(10)13(19)20)11(18)9-16-14(21)22-15(2,3)4/h10,12H,5-9H2,1-4H3,(H,16,21)(H,19,20)/t10-,12?/m0/s1. The number of hydrogen-bond acceptors (Lipinski definition) is 4. The lowest BCUT2D eigenvalue weighted by atomic mass is 9.95. The normalized spacial score (nSPS) is 21.5. The molecule has 2 atom stereocenters. The van der Waals surface area contributed by atoms with Gasteiger partial charge in [0.2, 0.25) is 5.91 Å². The molecule has 7 nitrogen and oxygen atoms in total. The maximum Gasteiger partial charge on any atom is 0.408 e. The molecule has 0 radical (unpaired) electrons. The van der Waals surface area contributed by atoms with Crippen LogP contribution in [0.25, 0.3) is 0 Å². The topological polar surface area (TPSA) is 95.9 Å². The first kappa shape index (κ1) is 18.3. The number of ether oxygens (including phenoxy) is 1. The van der Waals surface area contributed by atoms with Crippen LogP contribution in [0.4, 0.5) is 4.79 Å². The maximum absolute atomic E-state index is 12.2. The van der Waals surface area contributed by atoms with Gasteiger partial charge in [-0.25, -0.2) is 9.59 Å². The van der Waals surface area contributed by atoms with Gasteiger partial charge < -0.3 is 20.1 Å². The van der Waals surface area contributed by atoms with Gasteiger partial charge in [0, 0.05) is 6.54 Å². The van der Waals surface area contributed by atoms with Crippen LogP contribution < -0.4 is 5.32 Å². The van der Waals surface area contributed by atoms with Crippen LogP contribution in [0.15, 0.2) is 0 Å². The lowest BCUT2D eigenvalue weighted by Crippen LogP contribution is -2.47. The number of carboxylic acids is 1. The molecule has 0 aromatic rings. The van der Waals surface area contributed by atoms with E-state index in [1.54, 1.807) is 20.8 Å². The summed E-state index contributed by atoms with van der Waals surface area (Å²) in [5.41, 5.74) is -0.642. The molecule has 0 bridgehead atoms. The summed E-state index contributed by atoms with van der Waals surface area (Å²) in [6.07, 6.45) is 1.66. The minimum atomic E-state index is -0.985. The first-order valence-electron chi connectivity index (χ1n) is 7.64. The number of nitrogens with one attached hydrogen (secondary N) is 1. The van der Waals surface area contributed by atoms with Crippen molar-refractivity contribution in [2.75, 3.05) is 13.1 Å². The van der Waals surface area contributed by atoms with Crippen molar-refractivity contribution >= 4 is 18.0 Å². The molecule has 0 saturated carbocycles. The predicted molar refractivity (Wildman–Crippen MR) is 80.4 cm³/mol. The molecular weight excluding hydrogens is 288 g/mol. The van der Waals surface area contributed by atoms with Gasteiger partial charge in [-0.05, 0) is 39.5 Å². The second-order valence-electron chi connectivity index (χ2n) is 6.56. The van der Waals surface area contributed by atoms with E-state index in [0.717, 1.165) is 12.8 Å². The summed E-state index contributed by atoms with van der Waals surface area (Å²) >= 11 is 0. The molecule has 1 aliphatic rings. The quantitative estimate of drug-likeness (QED) is 0.804. The Kier molecular flexibility index (Phi) is 6.20. The summed E-state index contributed by atoms with van der Waals surface area (Å²) in [6, 6.07) is -0.798. The Balaban J connectivity index is 2.57. The molecule has 2 amide bonds. The fourth-order valence-electron chi connectivity index (χ4n) is 2.71. The molecule has 2 N–H and O–H groups in total. The monoisotopic (exact) mass is 314 g/mol. The molecule has 0 aliphatic carbocycles. The first-order chi connectivity index (χ1) is 10.2. The Morgan fingerprint density at radius 3 is 2.45 bits per heavy atom. The Morgan fingerprint density at radius 2 is 1.95 bits per heavy atom. The largest absolute Gasteiger partial charge is 0.480 e. The van der Waals surface area contributed by atoms with Gasteiger partial charge in [0.1, 0.15) is 18.2 Å². The molecule has 7 heteroatoms. The van der Waals surface area contributed by atoms with Gasteiger partial charge >= 0.3 is 12.1 Å². The molecule has 1 rings (SSSR count). The Labute approximate surface area is 131 Å². The summed E-state index contributed by atoms with van der Waals surface area (Å²) in [6.45, 7) is 7.33. The highest BCUT2D eigenvalue weighted by molar-refractivity contribution is 5.87. The van der Waals surface area contributed by atoms with Crippen LogP contribution >= 0.6 is 0 Å². The number of nitrogens with zero attached hydrogens (tertiary/aromatic N) is 1. The number of rotatable bonds is 5. The Bertz CT molecular complexity index is 430. The summed E-state index contributed by atoms with van der Waals surface area (Å²) in [7, 11) is 0. The molecule has 1 unspecified atom stereocenters. The number of carboxylic acid groups (broad SMARTS) is 1. The third-order valence-electron chi connectivity index (χ3n) is 3.54. The van der Waals surface area contributed by atoms with E-state index in [-0.39, 0.29) is 12.5 Å². The molecule has 1 saturated heterocycles. The molecule has 0 aromatic heterocycles. The van der Waals surface area contributed by atoms with Crippen LogP contribution in [0.1, 0.15) is 47.0 Å². The molecule has 126 valence electrons. The highest BCUT2D eigenvalue weighted by Gasteiger charge is 2.41. The maximum atomic E-state index is 12.2. The molecule has 1 heterocycles. The molecular formula is C15H26N2O5. The van der Waals surface area contributed by atoms with Crippen molar-refractivity contribution in [3.63, 3.8) is 0 Å². The van der Waals surface area contributed by atoms with Gasteiger partial charge in [-0.2, -0.15) is 0 Å². The minimum Gasteiger partial charge on any atom is -0.480 e. The lowest BCUT2D eigenvalue weighted by molar-refractivity contribution is -0.149. The predicted octanol–water partition coefficient (Wildman–Crippen LogP) is 1.61. The second kappa shape index (κ2) is 7.47. The van der Waals surface area contributed by atoms with Crippen molar-refractivity contribution in [3.05, 3.63) is 0 Å². The van der Waals surface area contributed by atoms with E-state index in [0.29, 0.717) is 13.0 Å². The summed E-state index contributed by atoms with van der Waals surface area (Å²) in [5.74, 6) is -1.40. The third kappa shape index (κ3) is 5.20. The SMILES string of the molecule is CCC[C@H]1CCN(C(=O)CNC(=O)OC(C)(C)C)C1C(=O)O. The number of alkyl carbamates (subject to hydrolysis) is 1. The van der Waals surface area contributed by atoms with E-state index in [2.05, 4.69) is 5.32 Å². The van der Waals surface area contributed by atoms with Crippen LogP contribution in [0, 0.1) is 5.92 Å². The average Bonchev–Trinajstić information content (AvgIpc) is 2.78. The summed E-state index contributed by atoms with van der Waals surface area (Å²) in [5, 5.41) is 11.7. The average molecular weight is 314 g/mol. The highest BCUT2D eigenvalue weighted by atomic mass is 16.6. The van der Waals surface area contributed by atoms with Crippen LogP contribution in [-0.4, -0.2) is 52.7 Å². The lowest BCUT2D eigenvalue weighted by Gasteiger charge is -2.25. The Morgan fingerprint density at radius 1 is 1.32 bits per heavy atom. The van der Waals surface area contributed by atoms with E-state index in [9.17, 15) is 19.5 Å². The number of carbonyl (C=O) groups excluding carboxylic acids is 2. The van der Waals surface area contributed by atoms with Gasteiger partial charge in [-0.3, -0.25) is 4.79 Å². The van der Waals surface area contributed by atoms with Crippen molar-refractivity contribution in [3.8, 4) is 0 Å². The summed E-state index contributed by atoms with van der Waals surface area (Å²) in [4.78, 5) is 36.5. The zero-order valence-electron chi connectivity index (χ0n) is 13.7. The van der Waals surface area contributed by atoms with Gasteiger partial charge in [0.15, 0.2) is 0 Å². The van der Waals surface area contributed by atoms with E-state index in [4.69, 9.17) is 4.74 Å². The van der Waals surface area contributed by atoms with Gasteiger partial charge in [-0.15, -0.1) is 0 Å². The van der Waals surface area contributed by atoms with E-state index in [1.165, 1.54) is 4.90 Å². The van der Waals surface area contributed by atoms with Crippen molar-refractivity contribution in [2.45, 2.75) is 58.6 Å². The number of carbonyl (C=O) groups is 3. The van der Waals surface area contributed by atoms with E-state index >= 15 is 0 Å². The van der Waals surface area contributed by atoms with E-state index < -0.39 is 29.6 Å². The zero-order chi connectivity index (χ0) is 16.9. The molecule has 1 fully saturated rings. The number of likely N-dealkylation sites (tertiary alicyclic amines) is 1. The zero-order valence-corrected chi connectivity index (χ0v) is 13.7. The van der Waals surface area contributed by atoms with Crippen LogP contribution in [-0.2, 0) is 14.3 Å². The van der Waals surface area contributed by atoms with Crippen molar-refractivity contribution in [1.82, 2.24) is 10.2 Å². The van der Waals surface area contributed by atoms with Crippen LogP contribution in [0.2, 0.25) is 0 Å². The molecule has 0 aromatic carbocycles. The van der Waals surface area contributed by atoms with Crippen LogP contribution in [0.3, 0.4) is 0 Å². The third-order valence-corrected chi connectivity index (χ3v) is 3.54. The number of aliphatic carboxylic acids is 1. The number of hydrogen-bond donors (Lipinski definition) is 2. The molecule has 1 aliphatic heterocycles. The van der Waals surface area contributed by atoms with E-state index in [1.807, 2.05) is 6.92 Å². The van der Waals surface area contributed by atoms with Crippen molar-refractivity contribution in [1.29, 1.82) is 0 Å². The smallest absolute Gasteiger partial charge is 0.408 e.